The van der Waals surface area contributed by atoms with Gasteiger partial charge in [-0.15, -0.1) is 11.3 Å². The van der Waals surface area contributed by atoms with Crippen molar-refractivity contribution in [2.45, 2.75) is 32.6 Å². The molecule has 1 saturated heterocycles. The maximum atomic E-state index is 9.20. The Hall–Kier alpha value is -0.690. The lowest BCUT2D eigenvalue weighted by atomic mass is 10.2. The number of hydrogen-bond donors (Lipinski definition) is 2. The predicted molar refractivity (Wildman–Crippen MR) is 73.0 cm³/mol. The largest absolute Gasteiger partial charge is 0.394 e. The number of aliphatic hydroxyl groups excluding tert-OH is 1. The quantitative estimate of drug-likeness (QED) is 0.841. The third-order valence-corrected chi connectivity index (χ3v) is 3.81. The summed E-state index contributed by atoms with van der Waals surface area (Å²) in [5.41, 5.74) is 0. The van der Waals surface area contributed by atoms with Crippen LogP contribution >= 0.6 is 11.3 Å². The van der Waals surface area contributed by atoms with Crippen LogP contribution in [0.2, 0.25) is 0 Å². The topological polar surface area (TPSA) is 57.6 Å². The molecular formula is C12H21N3O2S. The zero-order valence-electron chi connectivity index (χ0n) is 10.9. The number of hydrogen-bond acceptors (Lipinski definition) is 6. The lowest BCUT2D eigenvalue weighted by Gasteiger charge is -2.35. The molecule has 6 heteroatoms. The van der Waals surface area contributed by atoms with Crippen LogP contribution in [0.4, 0.5) is 5.13 Å². The van der Waals surface area contributed by atoms with Crippen molar-refractivity contribution < 1.29 is 9.84 Å². The standard InChI is InChI=1S/C12H21N3O2S/c1-3-13-12-14-4-11(18-12)7-15-5-9(2)17-10(6-15)8-16/h4,9-10,16H,3,5-8H2,1-2H3,(H,13,14). The number of anilines is 1. The summed E-state index contributed by atoms with van der Waals surface area (Å²) in [6, 6.07) is 0. The molecule has 2 rings (SSSR count). The van der Waals surface area contributed by atoms with E-state index < -0.39 is 0 Å². The van der Waals surface area contributed by atoms with Gasteiger partial charge in [0.1, 0.15) is 0 Å². The Kier molecular flexibility index (Phi) is 4.94. The predicted octanol–water partition coefficient (Wildman–Crippen LogP) is 1.16. The molecule has 102 valence electrons. The molecule has 1 aromatic rings. The Bertz CT molecular complexity index is 372. The SMILES string of the molecule is CCNc1ncc(CN2CC(C)OC(CO)C2)s1. The van der Waals surface area contributed by atoms with Crippen LogP contribution in [0.15, 0.2) is 6.20 Å². The first kappa shape index (κ1) is 13.7. The van der Waals surface area contributed by atoms with Crippen LogP contribution < -0.4 is 5.32 Å². The second kappa shape index (κ2) is 6.47. The van der Waals surface area contributed by atoms with Crippen molar-refractivity contribution in [2.75, 3.05) is 31.6 Å². The minimum atomic E-state index is -0.0603. The zero-order valence-corrected chi connectivity index (χ0v) is 11.7. The fourth-order valence-corrected chi connectivity index (χ4v) is 3.13. The molecular weight excluding hydrogens is 250 g/mol. The highest BCUT2D eigenvalue weighted by atomic mass is 32.1. The van der Waals surface area contributed by atoms with Crippen molar-refractivity contribution in [1.82, 2.24) is 9.88 Å². The highest BCUT2D eigenvalue weighted by Gasteiger charge is 2.24. The Morgan fingerprint density at radius 3 is 3.17 bits per heavy atom. The number of aliphatic hydroxyl groups is 1. The molecule has 5 nitrogen and oxygen atoms in total. The van der Waals surface area contributed by atoms with Crippen LogP contribution in [0.25, 0.3) is 0 Å². The number of thiazole rings is 1. The fraction of sp³-hybridized carbons (Fsp3) is 0.750. The van der Waals surface area contributed by atoms with Crippen LogP contribution in [0.1, 0.15) is 18.7 Å². The average molecular weight is 271 g/mol. The van der Waals surface area contributed by atoms with Crippen molar-refractivity contribution >= 4 is 16.5 Å². The molecule has 0 amide bonds. The molecule has 1 aliphatic heterocycles. The van der Waals surface area contributed by atoms with Crippen LogP contribution in [0.3, 0.4) is 0 Å². The Balaban J connectivity index is 1.91. The molecule has 2 N–H and O–H groups in total. The average Bonchev–Trinajstić information content (AvgIpc) is 2.76. The first-order valence-electron chi connectivity index (χ1n) is 6.38. The lowest BCUT2D eigenvalue weighted by molar-refractivity contribution is -0.0970. The van der Waals surface area contributed by atoms with Gasteiger partial charge in [-0.05, 0) is 13.8 Å². The second-order valence-corrected chi connectivity index (χ2v) is 5.72. The van der Waals surface area contributed by atoms with Crippen molar-refractivity contribution in [3.8, 4) is 0 Å². The van der Waals surface area contributed by atoms with E-state index in [1.165, 1.54) is 4.88 Å². The molecule has 0 bridgehead atoms. The lowest BCUT2D eigenvalue weighted by Crippen LogP contribution is -2.47. The molecule has 0 saturated carbocycles. The Morgan fingerprint density at radius 1 is 1.61 bits per heavy atom. The molecule has 2 atom stereocenters. The van der Waals surface area contributed by atoms with E-state index in [4.69, 9.17) is 4.74 Å². The summed E-state index contributed by atoms with van der Waals surface area (Å²) in [4.78, 5) is 7.89. The number of ether oxygens (including phenoxy) is 1. The van der Waals surface area contributed by atoms with Crippen LogP contribution in [-0.2, 0) is 11.3 Å². The number of rotatable bonds is 5. The van der Waals surface area contributed by atoms with Gasteiger partial charge in [-0.2, -0.15) is 0 Å². The summed E-state index contributed by atoms with van der Waals surface area (Å²) in [7, 11) is 0. The van der Waals surface area contributed by atoms with Gasteiger partial charge in [-0.1, -0.05) is 0 Å². The molecule has 1 aliphatic rings. The summed E-state index contributed by atoms with van der Waals surface area (Å²) in [6.07, 6.45) is 2.04. The summed E-state index contributed by atoms with van der Waals surface area (Å²) in [5, 5.41) is 13.4. The number of aromatic nitrogens is 1. The van der Waals surface area contributed by atoms with Gasteiger partial charge in [0.25, 0.3) is 0 Å². The van der Waals surface area contributed by atoms with Crippen molar-refractivity contribution in [3.05, 3.63) is 11.1 Å². The van der Waals surface area contributed by atoms with Crippen LogP contribution in [-0.4, -0.2) is 53.4 Å². The van der Waals surface area contributed by atoms with Gasteiger partial charge < -0.3 is 15.2 Å². The molecule has 18 heavy (non-hydrogen) atoms. The normalized spacial score (nSPS) is 25.3. The van der Waals surface area contributed by atoms with Gasteiger partial charge >= 0.3 is 0 Å². The van der Waals surface area contributed by atoms with E-state index in [0.29, 0.717) is 0 Å². The van der Waals surface area contributed by atoms with E-state index in [2.05, 4.69) is 22.1 Å². The molecule has 1 fully saturated rings. The molecule has 2 heterocycles. The van der Waals surface area contributed by atoms with Gasteiger partial charge in [-0.3, -0.25) is 4.90 Å². The molecule has 0 spiro atoms. The van der Waals surface area contributed by atoms with E-state index in [1.807, 2.05) is 13.1 Å². The summed E-state index contributed by atoms with van der Waals surface area (Å²) in [5.74, 6) is 0. The van der Waals surface area contributed by atoms with Gasteiger partial charge in [0, 0.05) is 37.3 Å². The van der Waals surface area contributed by atoms with Gasteiger partial charge in [0.15, 0.2) is 5.13 Å². The van der Waals surface area contributed by atoms with Crippen molar-refractivity contribution in [1.29, 1.82) is 0 Å². The summed E-state index contributed by atoms with van der Waals surface area (Å²) >= 11 is 1.69. The monoisotopic (exact) mass is 271 g/mol. The first-order chi connectivity index (χ1) is 8.71. The van der Waals surface area contributed by atoms with Gasteiger partial charge in [-0.25, -0.2) is 4.98 Å². The Labute approximate surface area is 112 Å². The van der Waals surface area contributed by atoms with Gasteiger partial charge in [0.2, 0.25) is 0 Å². The minimum Gasteiger partial charge on any atom is -0.394 e. The molecule has 0 aromatic carbocycles. The molecule has 2 unspecified atom stereocenters. The highest BCUT2D eigenvalue weighted by Crippen LogP contribution is 2.21. The molecule has 1 aromatic heterocycles. The van der Waals surface area contributed by atoms with E-state index in [-0.39, 0.29) is 18.8 Å². The maximum Gasteiger partial charge on any atom is 0.182 e. The maximum absolute atomic E-state index is 9.20. The molecule has 0 radical (unpaired) electrons. The molecule has 0 aliphatic carbocycles. The summed E-state index contributed by atoms with van der Waals surface area (Å²) in [6.45, 7) is 7.68. The van der Waals surface area contributed by atoms with E-state index in [0.717, 1.165) is 31.3 Å². The fourth-order valence-electron chi connectivity index (χ4n) is 2.20. The number of nitrogens with zero attached hydrogens (tertiary/aromatic N) is 2. The minimum absolute atomic E-state index is 0.0603. The summed E-state index contributed by atoms with van der Waals surface area (Å²) < 4.78 is 5.63. The van der Waals surface area contributed by atoms with E-state index >= 15 is 0 Å². The second-order valence-electron chi connectivity index (χ2n) is 4.61. The van der Waals surface area contributed by atoms with Gasteiger partial charge in [0.05, 0.1) is 18.8 Å². The number of morpholine rings is 1. The third-order valence-electron chi connectivity index (χ3n) is 2.87. The zero-order chi connectivity index (χ0) is 13.0. The van der Waals surface area contributed by atoms with E-state index in [9.17, 15) is 5.11 Å². The van der Waals surface area contributed by atoms with Crippen LogP contribution in [0, 0.1) is 0 Å². The third kappa shape index (κ3) is 3.65. The first-order valence-corrected chi connectivity index (χ1v) is 7.20. The smallest absolute Gasteiger partial charge is 0.182 e. The van der Waals surface area contributed by atoms with Crippen molar-refractivity contribution in [2.24, 2.45) is 0 Å². The number of nitrogens with one attached hydrogen (secondary N) is 1. The highest BCUT2D eigenvalue weighted by molar-refractivity contribution is 7.15. The Morgan fingerprint density at radius 2 is 2.44 bits per heavy atom. The van der Waals surface area contributed by atoms with Crippen LogP contribution in [0.5, 0.6) is 0 Å². The van der Waals surface area contributed by atoms with E-state index in [1.54, 1.807) is 11.3 Å². The van der Waals surface area contributed by atoms with Crippen molar-refractivity contribution in [3.63, 3.8) is 0 Å².